The van der Waals surface area contributed by atoms with Crippen LogP contribution in [0.4, 0.5) is 23.7 Å². The predicted octanol–water partition coefficient (Wildman–Crippen LogP) is 8.47. The molecule has 2 amide bonds. The Morgan fingerprint density at radius 2 is 1.80 bits per heavy atom. The maximum absolute atomic E-state index is 13.0. The van der Waals surface area contributed by atoms with Crippen molar-refractivity contribution >= 4 is 28.6 Å². The Kier molecular flexibility index (Phi) is 10.0. The number of nitrogens with one attached hydrogen (secondary N) is 1. The number of anilines is 1. The van der Waals surface area contributed by atoms with Gasteiger partial charge in [-0.15, -0.1) is 18.3 Å². The molecule has 0 radical (unpaired) electrons. The summed E-state index contributed by atoms with van der Waals surface area (Å²) in [7, 11) is 0. The molecule has 0 spiro atoms. The third-order valence-corrected chi connectivity index (χ3v) is 8.86. The Hall–Kier alpha value is -4.32. The van der Waals surface area contributed by atoms with Crippen LogP contribution in [-0.2, 0) is 0 Å². The lowest BCUT2D eigenvalue weighted by Crippen LogP contribution is -2.43. The summed E-state index contributed by atoms with van der Waals surface area (Å²) in [5.74, 6) is 1.44. The van der Waals surface area contributed by atoms with Crippen LogP contribution in [-0.4, -0.2) is 50.7 Å². The van der Waals surface area contributed by atoms with Crippen molar-refractivity contribution in [1.29, 1.82) is 0 Å². The number of rotatable bonds is 8. The third kappa shape index (κ3) is 7.90. The van der Waals surface area contributed by atoms with E-state index in [2.05, 4.69) is 75.9 Å². The standard InChI is InChI=1S/C34H37F3N6O2S/c1-21(2)30-22(3)7-6-8-29(30)43-24(5)17-18-46-33(43)40-32(44)38-19-23(4)25-9-11-26(12-10-25)31-39-20-42(41-31)27-13-15-28(16-14-27)45-34(35,36)37/h6-16,20-21,23-24H,17-19H2,1-5H3,(H,38,44). The van der Waals surface area contributed by atoms with E-state index >= 15 is 0 Å². The summed E-state index contributed by atoms with van der Waals surface area (Å²) in [6.45, 7) is 11.1. The van der Waals surface area contributed by atoms with Crippen molar-refractivity contribution in [2.45, 2.75) is 65.3 Å². The highest BCUT2D eigenvalue weighted by Gasteiger charge is 2.31. The Balaban J connectivity index is 1.22. The van der Waals surface area contributed by atoms with Crippen LogP contribution in [0.3, 0.4) is 0 Å². The number of aromatic nitrogens is 3. The van der Waals surface area contributed by atoms with Gasteiger partial charge in [-0.25, -0.2) is 14.5 Å². The van der Waals surface area contributed by atoms with E-state index in [0.717, 1.165) is 34.2 Å². The lowest BCUT2D eigenvalue weighted by atomic mass is 9.95. The molecule has 46 heavy (non-hydrogen) atoms. The van der Waals surface area contributed by atoms with Crippen molar-refractivity contribution in [3.8, 4) is 22.8 Å². The summed E-state index contributed by atoms with van der Waals surface area (Å²) in [5, 5.41) is 8.17. The molecule has 1 fully saturated rings. The van der Waals surface area contributed by atoms with Crippen LogP contribution in [0.1, 0.15) is 62.6 Å². The number of carbonyl (C=O) groups excluding carboxylic acids is 1. The van der Waals surface area contributed by atoms with Gasteiger partial charge in [0.1, 0.15) is 12.1 Å². The second-order valence-electron chi connectivity index (χ2n) is 11.7. The second kappa shape index (κ2) is 14.0. The zero-order valence-electron chi connectivity index (χ0n) is 26.4. The van der Waals surface area contributed by atoms with Gasteiger partial charge in [0.05, 0.1) is 5.69 Å². The number of carbonyl (C=O) groups is 1. The number of thioether (sulfide) groups is 1. The average molecular weight is 651 g/mol. The number of aryl methyl sites for hydroxylation is 1. The topological polar surface area (TPSA) is 84.6 Å². The van der Waals surface area contributed by atoms with Crippen molar-refractivity contribution in [3.05, 3.63) is 89.7 Å². The maximum atomic E-state index is 13.0. The van der Waals surface area contributed by atoms with Crippen LogP contribution in [0.25, 0.3) is 17.1 Å². The highest BCUT2D eigenvalue weighted by atomic mass is 32.2. The molecule has 2 unspecified atom stereocenters. The van der Waals surface area contributed by atoms with E-state index in [0.29, 0.717) is 24.0 Å². The molecule has 0 saturated carbocycles. The Morgan fingerprint density at radius 1 is 1.09 bits per heavy atom. The zero-order chi connectivity index (χ0) is 33.0. The quantitative estimate of drug-likeness (QED) is 0.206. The molecule has 5 rings (SSSR count). The number of aliphatic imine (C=N–C) groups is 1. The van der Waals surface area contributed by atoms with Crippen LogP contribution in [0.5, 0.6) is 5.75 Å². The first-order chi connectivity index (χ1) is 21.9. The van der Waals surface area contributed by atoms with Crippen LogP contribution in [0.2, 0.25) is 0 Å². The van der Waals surface area contributed by atoms with Gasteiger partial charge in [-0.05, 0) is 79.1 Å². The molecule has 0 aliphatic carbocycles. The van der Waals surface area contributed by atoms with Crippen molar-refractivity contribution in [2.75, 3.05) is 17.2 Å². The summed E-state index contributed by atoms with van der Waals surface area (Å²) in [6.07, 6.45) is -2.24. The molecule has 1 saturated heterocycles. The first-order valence-electron chi connectivity index (χ1n) is 15.2. The predicted molar refractivity (Wildman–Crippen MR) is 177 cm³/mol. The fraction of sp³-hybridized carbons (Fsp3) is 0.353. The lowest BCUT2D eigenvalue weighted by Gasteiger charge is -2.37. The first kappa shape index (κ1) is 33.1. The Morgan fingerprint density at radius 3 is 2.48 bits per heavy atom. The molecule has 242 valence electrons. The number of hydrogen-bond acceptors (Lipinski definition) is 5. The van der Waals surface area contributed by atoms with E-state index in [1.807, 2.05) is 31.2 Å². The van der Waals surface area contributed by atoms with Gasteiger partial charge in [-0.1, -0.05) is 68.9 Å². The highest BCUT2D eigenvalue weighted by molar-refractivity contribution is 8.14. The SMILES string of the molecule is Cc1cccc(N2C(=NC(=O)NCC(C)c3ccc(-c4ncn(-c5ccc(OC(F)(F)F)cc5)n4)cc3)SCCC2C)c1C(C)C. The summed E-state index contributed by atoms with van der Waals surface area (Å²) in [6, 6.07) is 19.3. The first-order valence-corrected chi connectivity index (χ1v) is 16.1. The van der Waals surface area contributed by atoms with E-state index in [1.165, 1.54) is 46.4 Å². The number of hydrogen-bond donors (Lipinski definition) is 1. The molecule has 3 aromatic carbocycles. The number of ether oxygens (including phenoxy) is 1. The molecule has 12 heteroatoms. The summed E-state index contributed by atoms with van der Waals surface area (Å²) >= 11 is 1.61. The molecule has 1 aliphatic rings. The summed E-state index contributed by atoms with van der Waals surface area (Å²) in [4.78, 5) is 24.1. The number of amides is 2. The summed E-state index contributed by atoms with van der Waals surface area (Å²) in [5.41, 5.74) is 5.97. The van der Waals surface area contributed by atoms with Crippen LogP contribution in [0.15, 0.2) is 78.0 Å². The fourth-order valence-electron chi connectivity index (χ4n) is 5.53. The third-order valence-electron chi connectivity index (χ3n) is 7.87. The number of halogens is 3. The minimum absolute atomic E-state index is 0.0273. The van der Waals surface area contributed by atoms with Gasteiger partial charge in [-0.2, -0.15) is 4.99 Å². The van der Waals surface area contributed by atoms with Crippen molar-refractivity contribution < 1.29 is 22.7 Å². The molecule has 2 atom stereocenters. The normalized spacial score (nSPS) is 16.9. The van der Waals surface area contributed by atoms with Gasteiger partial charge in [-0.3, -0.25) is 0 Å². The average Bonchev–Trinajstić information content (AvgIpc) is 3.50. The highest BCUT2D eigenvalue weighted by Crippen LogP contribution is 2.36. The molecular weight excluding hydrogens is 613 g/mol. The van der Waals surface area contributed by atoms with Crippen LogP contribution in [0, 0.1) is 6.92 Å². The zero-order valence-corrected chi connectivity index (χ0v) is 27.2. The fourth-order valence-corrected chi connectivity index (χ4v) is 6.73. The van der Waals surface area contributed by atoms with E-state index in [1.54, 1.807) is 11.8 Å². The molecule has 8 nitrogen and oxygen atoms in total. The number of urea groups is 1. The molecule has 0 bridgehead atoms. The minimum Gasteiger partial charge on any atom is -0.406 e. The largest absolute Gasteiger partial charge is 0.573 e. The van der Waals surface area contributed by atoms with Gasteiger partial charge in [0, 0.05) is 29.6 Å². The van der Waals surface area contributed by atoms with Gasteiger partial charge in [0.2, 0.25) is 0 Å². The van der Waals surface area contributed by atoms with Gasteiger partial charge in [0.25, 0.3) is 0 Å². The van der Waals surface area contributed by atoms with E-state index < -0.39 is 6.36 Å². The monoisotopic (exact) mass is 650 g/mol. The molecule has 1 aliphatic heterocycles. The van der Waals surface area contributed by atoms with Crippen molar-refractivity contribution in [1.82, 2.24) is 20.1 Å². The van der Waals surface area contributed by atoms with E-state index in [-0.39, 0.29) is 23.7 Å². The lowest BCUT2D eigenvalue weighted by molar-refractivity contribution is -0.274. The number of amidine groups is 1. The smallest absolute Gasteiger partial charge is 0.406 e. The molecular formula is C34H37F3N6O2S. The second-order valence-corrected chi connectivity index (χ2v) is 12.7. The Labute approximate surface area is 271 Å². The van der Waals surface area contributed by atoms with Gasteiger partial charge < -0.3 is 15.0 Å². The van der Waals surface area contributed by atoms with Crippen LogP contribution < -0.4 is 15.0 Å². The number of benzene rings is 3. The van der Waals surface area contributed by atoms with Gasteiger partial charge in [0.15, 0.2) is 11.0 Å². The number of nitrogens with zero attached hydrogens (tertiary/aromatic N) is 5. The van der Waals surface area contributed by atoms with E-state index in [4.69, 9.17) is 0 Å². The van der Waals surface area contributed by atoms with Crippen molar-refractivity contribution in [2.24, 2.45) is 4.99 Å². The van der Waals surface area contributed by atoms with Crippen molar-refractivity contribution in [3.63, 3.8) is 0 Å². The van der Waals surface area contributed by atoms with Crippen LogP contribution >= 0.6 is 11.8 Å². The summed E-state index contributed by atoms with van der Waals surface area (Å²) < 4.78 is 42.7. The Bertz CT molecular complexity index is 1690. The molecule has 1 aromatic heterocycles. The molecule has 4 aromatic rings. The van der Waals surface area contributed by atoms with Gasteiger partial charge >= 0.3 is 12.4 Å². The maximum Gasteiger partial charge on any atom is 0.573 e. The molecule has 2 heterocycles. The van der Waals surface area contributed by atoms with E-state index in [9.17, 15) is 18.0 Å². The molecule has 1 N–H and O–H groups in total. The number of alkyl halides is 3. The minimum atomic E-state index is -4.75.